The molecule has 6 nitrogen and oxygen atoms in total. The van der Waals surface area contributed by atoms with Crippen molar-refractivity contribution >= 4 is 23.2 Å². The fraction of sp³-hybridized carbons (Fsp3) is 0.125. The Morgan fingerprint density at radius 2 is 1.42 bits per heavy atom. The normalized spacial score (nSPS) is 15.5. The van der Waals surface area contributed by atoms with Gasteiger partial charge in [0.15, 0.2) is 5.82 Å². The first-order chi connectivity index (χ1) is 18.7. The van der Waals surface area contributed by atoms with E-state index >= 15 is 0 Å². The van der Waals surface area contributed by atoms with Crippen molar-refractivity contribution in [1.82, 2.24) is 9.78 Å². The highest BCUT2D eigenvalue weighted by Gasteiger charge is 2.44. The lowest BCUT2D eigenvalue weighted by molar-refractivity contribution is 0.414. The summed E-state index contributed by atoms with van der Waals surface area (Å²) >= 11 is 0. The highest BCUT2D eigenvalue weighted by Crippen LogP contribution is 2.51. The summed E-state index contributed by atoms with van der Waals surface area (Å²) in [5.74, 6) is 2.61. The Hall–Kier alpha value is -4.84. The number of methoxy groups -OCH3 is 1. The first-order valence-electron chi connectivity index (χ1n) is 12.8. The van der Waals surface area contributed by atoms with Crippen molar-refractivity contribution in [2.45, 2.75) is 19.5 Å². The second-order valence-corrected chi connectivity index (χ2v) is 9.59. The Morgan fingerprint density at radius 3 is 2.13 bits per heavy atom. The first-order valence-corrected chi connectivity index (χ1v) is 12.8. The highest BCUT2D eigenvalue weighted by molar-refractivity contribution is 6.18. The van der Waals surface area contributed by atoms with Gasteiger partial charge >= 0.3 is 0 Å². The third kappa shape index (κ3) is 3.49. The molecule has 0 bridgehead atoms. The van der Waals surface area contributed by atoms with Gasteiger partial charge in [0, 0.05) is 5.56 Å². The van der Waals surface area contributed by atoms with Gasteiger partial charge in [-0.15, -0.1) is 0 Å². The van der Waals surface area contributed by atoms with Gasteiger partial charge in [-0.25, -0.2) is 4.68 Å². The van der Waals surface area contributed by atoms with E-state index in [4.69, 9.17) is 14.8 Å². The number of ether oxygens (including phenoxy) is 1. The predicted octanol–water partition coefficient (Wildman–Crippen LogP) is 6.81. The molecule has 0 aliphatic carbocycles. The number of hydrogen-bond donors (Lipinski definition) is 0. The first kappa shape index (κ1) is 22.4. The summed E-state index contributed by atoms with van der Waals surface area (Å²) < 4.78 is 7.46. The molecule has 0 saturated carbocycles. The maximum Gasteiger partial charge on any atom is 0.213 e. The van der Waals surface area contributed by atoms with Crippen molar-refractivity contribution in [3.8, 4) is 11.4 Å². The monoisotopic (exact) mass is 497 g/mol. The standard InChI is InChI=1S/C32H27N5O/c1-22-29-30(24-17-19-26(38-2)20-18-24)36-28-16-10-9-15-27(28)35(21-23-11-5-3-6-12-23)32(36)33-31(29)37(34-22)25-13-7-4-8-14-25/h3-20,30H,21H2,1-2H3/t30-/m0/s1. The number of aromatic nitrogens is 2. The van der Waals surface area contributed by atoms with Crippen molar-refractivity contribution < 1.29 is 4.74 Å². The second-order valence-electron chi connectivity index (χ2n) is 9.59. The molecular weight excluding hydrogens is 470 g/mol. The van der Waals surface area contributed by atoms with E-state index in [0.29, 0.717) is 0 Å². The summed E-state index contributed by atoms with van der Waals surface area (Å²) in [6.07, 6.45) is 0. The van der Waals surface area contributed by atoms with Crippen LogP contribution >= 0.6 is 0 Å². The van der Waals surface area contributed by atoms with Crippen molar-refractivity contribution in [3.63, 3.8) is 0 Å². The topological polar surface area (TPSA) is 45.9 Å². The molecule has 7 rings (SSSR count). The third-order valence-corrected chi connectivity index (χ3v) is 7.32. The van der Waals surface area contributed by atoms with Crippen LogP contribution in [0.3, 0.4) is 0 Å². The van der Waals surface area contributed by atoms with Crippen LogP contribution in [-0.2, 0) is 6.54 Å². The number of para-hydroxylation sites is 3. The summed E-state index contributed by atoms with van der Waals surface area (Å²) in [7, 11) is 1.70. The Balaban J connectivity index is 1.47. The fourth-order valence-electron chi connectivity index (χ4n) is 5.56. The minimum Gasteiger partial charge on any atom is -0.497 e. The summed E-state index contributed by atoms with van der Waals surface area (Å²) in [6.45, 7) is 2.80. The summed E-state index contributed by atoms with van der Waals surface area (Å²) in [6, 6.07) is 37.6. The number of benzene rings is 4. The van der Waals surface area contributed by atoms with Crippen LogP contribution in [0.5, 0.6) is 5.75 Å². The van der Waals surface area contributed by atoms with E-state index in [0.717, 1.165) is 58.0 Å². The molecule has 1 atom stereocenters. The molecule has 0 unspecified atom stereocenters. The molecular formula is C32H27N5O. The molecule has 0 radical (unpaired) electrons. The lowest BCUT2D eigenvalue weighted by Crippen LogP contribution is -2.42. The minimum absolute atomic E-state index is 0.0946. The van der Waals surface area contributed by atoms with E-state index in [9.17, 15) is 0 Å². The number of rotatable bonds is 5. The van der Waals surface area contributed by atoms with Crippen molar-refractivity contribution in [2.75, 3.05) is 16.9 Å². The Bertz CT molecular complexity index is 1640. The van der Waals surface area contributed by atoms with Crippen LogP contribution in [0.4, 0.5) is 17.2 Å². The van der Waals surface area contributed by atoms with Gasteiger partial charge in [-0.3, -0.25) is 4.90 Å². The molecule has 0 spiro atoms. The summed E-state index contributed by atoms with van der Waals surface area (Å²) in [5.41, 5.74) is 7.74. The van der Waals surface area contributed by atoms with Crippen LogP contribution in [-0.4, -0.2) is 22.8 Å². The number of guanidine groups is 1. The Morgan fingerprint density at radius 1 is 0.763 bits per heavy atom. The summed E-state index contributed by atoms with van der Waals surface area (Å²) in [5, 5.41) is 5.00. The molecule has 2 aliphatic heterocycles. The average molecular weight is 498 g/mol. The van der Waals surface area contributed by atoms with Gasteiger partial charge in [-0.1, -0.05) is 72.8 Å². The van der Waals surface area contributed by atoms with Crippen LogP contribution in [0, 0.1) is 6.92 Å². The number of aryl methyl sites for hydroxylation is 1. The van der Waals surface area contributed by atoms with Crippen LogP contribution in [0.15, 0.2) is 114 Å². The molecule has 186 valence electrons. The maximum atomic E-state index is 5.48. The zero-order valence-corrected chi connectivity index (χ0v) is 21.3. The maximum absolute atomic E-state index is 5.48. The number of hydrogen-bond acceptors (Lipinski definition) is 5. The molecule has 0 saturated heterocycles. The average Bonchev–Trinajstić information content (AvgIpc) is 3.47. The lowest BCUT2D eigenvalue weighted by atomic mass is 9.95. The van der Waals surface area contributed by atoms with Gasteiger partial charge in [0.05, 0.1) is 42.5 Å². The number of nitrogens with zero attached hydrogens (tertiary/aromatic N) is 5. The SMILES string of the molecule is COc1ccc([C@H]2c3c(C)nn(-c4ccccc4)c3N=C3N(Cc4ccccc4)c4ccccc4N32)cc1. The number of anilines is 2. The minimum atomic E-state index is -0.0946. The van der Waals surface area contributed by atoms with E-state index in [1.165, 1.54) is 5.56 Å². The van der Waals surface area contributed by atoms with Gasteiger partial charge < -0.3 is 9.64 Å². The number of aliphatic imine (C=N–C) groups is 1. The Labute approximate surface area is 222 Å². The molecule has 1 aromatic heterocycles. The van der Waals surface area contributed by atoms with E-state index in [1.807, 2.05) is 35.0 Å². The van der Waals surface area contributed by atoms with E-state index in [2.05, 4.69) is 95.6 Å². The van der Waals surface area contributed by atoms with Crippen molar-refractivity contribution in [2.24, 2.45) is 4.99 Å². The van der Waals surface area contributed by atoms with Crippen molar-refractivity contribution in [1.29, 1.82) is 0 Å². The van der Waals surface area contributed by atoms with Crippen LogP contribution < -0.4 is 14.5 Å². The van der Waals surface area contributed by atoms with Crippen LogP contribution in [0.25, 0.3) is 5.69 Å². The quantitative estimate of drug-likeness (QED) is 0.268. The van der Waals surface area contributed by atoms with Gasteiger partial charge in [-0.05, 0) is 54.4 Å². The predicted molar refractivity (Wildman–Crippen MR) is 152 cm³/mol. The highest BCUT2D eigenvalue weighted by atomic mass is 16.5. The van der Waals surface area contributed by atoms with E-state index in [-0.39, 0.29) is 6.04 Å². The van der Waals surface area contributed by atoms with E-state index < -0.39 is 0 Å². The lowest BCUT2D eigenvalue weighted by Gasteiger charge is -2.35. The fourth-order valence-corrected chi connectivity index (χ4v) is 5.56. The number of fused-ring (bicyclic) bond motifs is 4. The molecule has 0 N–H and O–H groups in total. The second kappa shape index (κ2) is 8.92. The van der Waals surface area contributed by atoms with Gasteiger partial charge in [0.2, 0.25) is 5.96 Å². The zero-order valence-electron chi connectivity index (χ0n) is 21.3. The zero-order chi connectivity index (χ0) is 25.6. The Kier molecular flexibility index (Phi) is 5.25. The molecule has 38 heavy (non-hydrogen) atoms. The molecule has 3 heterocycles. The van der Waals surface area contributed by atoms with Gasteiger partial charge in [0.1, 0.15) is 5.75 Å². The largest absolute Gasteiger partial charge is 0.497 e. The molecule has 4 aromatic carbocycles. The third-order valence-electron chi connectivity index (χ3n) is 7.32. The molecule has 0 amide bonds. The summed E-state index contributed by atoms with van der Waals surface area (Å²) in [4.78, 5) is 10.0. The van der Waals surface area contributed by atoms with Crippen LogP contribution in [0.2, 0.25) is 0 Å². The molecule has 6 heteroatoms. The molecule has 5 aromatic rings. The molecule has 0 fully saturated rings. The van der Waals surface area contributed by atoms with Gasteiger partial charge in [-0.2, -0.15) is 10.1 Å². The smallest absolute Gasteiger partial charge is 0.213 e. The van der Waals surface area contributed by atoms with E-state index in [1.54, 1.807) is 7.11 Å². The van der Waals surface area contributed by atoms with Crippen molar-refractivity contribution in [3.05, 3.63) is 132 Å². The molecule has 2 aliphatic rings. The van der Waals surface area contributed by atoms with Crippen LogP contribution in [0.1, 0.15) is 28.4 Å². The van der Waals surface area contributed by atoms with Gasteiger partial charge in [0.25, 0.3) is 0 Å².